The first-order valence-electron chi connectivity index (χ1n) is 4.82. The highest BCUT2D eigenvalue weighted by molar-refractivity contribution is 14.1. The summed E-state index contributed by atoms with van der Waals surface area (Å²) >= 11 is 21.5. The smallest absolute Gasteiger partial charge is 0.147 e. The Bertz CT molecular complexity index is 557. The first-order valence-corrected chi connectivity index (χ1v) is 8.02. The zero-order chi connectivity index (χ0) is 13.1. The molecule has 94 valence electrons. The van der Waals surface area contributed by atoms with Gasteiger partial charge in [0.25, 0.3) is 0 Å². The molecule has 0 aliphatic carbocycles. The Morgan fingerprint density at radius 3 is 2.28 bits per heavy atom. The predicted octanol–water partition coefficient (Wildman–Crippen LogP) is 5.33. The molecule has 0 N–H and O–H groups in total. The lowest BCUT2D eigenvalue weighted by Gasteiger charge is -2.05. The lowest BCUT2D eigenvalue weighted by atomic mass is 10.4. The minimum atomic E-state index is 0.380. The van der Waals surface area contributed by atoms with Crippen LogP contribution in [0.4, 0.5) is 0 Å². The maximum Gasteiger partial charge on any atom is 0.147 e. The molecule has 1 aromatic heterocycles. The first-order chi connectivity index (χ1) is 8.58. The SMILES string of the molecule is Clc1ccccc1SCc1nc(Cl)c(I)c(Cl)n1. The van der Waals surface area contributed by atoms with Crippen molar-refractivity contribution < 1.29 is 0 Å². The predicted molar refractivity (Wildman–Crippen MR) is 85.8 cm³/mol. The van der Waals surface area contributed by atoms with Crippen LogP contribution in [0.5, 0.6) is 0 Å². The van der Waals surface area contributed by atoms with Crippen molar-refractivity contribution >= 4 is 69.2 Å². The minimum absolute atomic E-state index is 0.380. The van der Waals surface area contributed by atoms with E-state index >= 15 is 0 Å². The van der Waals surface area contributed by atoms with Crippen LogP contribution in [0.2, 0.25) is 15.3 Å². The van der Waals surface area contributed by atoms with Crippen molar-refractivity contribution in [3.63, 3.8) is 0 Å². The standard InChI is InChI=1S/C11H6Cl3IN2S/c12-6-3-1-2-4-7(6)18-5-8-16-10(13)9(15)11(14)17-8/h1-4H,5H2. The third-order valence-electron chi connectivity index (χ3n) is 2.01. The van der Waals surface area contributed by atoms with Crippen LogP contribution in [0.15, 0.2) is 29.2 Å². The normalized spacial score (nSPS) is 10.7. The molecule has 0 radical (unpaired) electrons. The summed E-state index contributed by atoms with van der Waals surface area (Å²) in [4.78, 5) is 9.33. The number of thioether (sulfide) groups is 1. The lowest BCUT2D eigenvalue weighted by molar-refractivity contribution is 1.02. The number of rotatable bonds is 3. The lowest BCUT2D eigenvalue weighted by Crippen LogP contribution is -1.96. The monoisotopic (exact) mass is 430 g/mol. The minimum Gasteiger partial charge on any atom is -0.219 e. The molecular formula is C11H6Cl3IN2S. The van der Waals surface area contributed by atoms with Crippen molar-refractivity contribution in [2.75, 3.05) is 0 Å². The summed E-state index contributed by atoms with van der Waals surface area (Å²) in [5.74, 6) is 1.16. The van der Waals surface area contributed by atoms with E-state index in [0.717, 1.165) is 4.90 Å². The maximum absolute atomic E-state index is 6.06. The topological polar surface area (TPSA) is 25.8 Å². The fourth-order valence-corrected chi connectivity index (χ4v) is 2.96. The summed E-state index contributed by atoms with van der Waals surface area (Å²) in [5.41, 5.74) is 0. The number of benzene rings is 1. The molecule has 0 bridgehead atoms. The van der Waals surface area contributed by atoms with Gasteiger partial charge in [-0.1, -0.05) is 46.9 Å². The Kier molecular flexibility index (Phi) is 5.38. The highest BCUT2D eigenvalue weighted by Crippen LogP contribution is 2.30. The Morgan fingerprint density at radius 2 is 1.67 bits per heavy atom. The molecule has 0 aliphatic heterocycles. The van der Waals surface area contributed by atoms with Gasteiger partial charge in [-0.2, -0.15) is 0 Å². The molecule has 0 fully saturated rings. The Morgan fingerprint density at radius 1 is 1.06 bits per heavy atom. The van der Waals surface area contributed by atoms with Crippen LogP contribution < -0.4 is 0 Å². The van der Waals surface area contributed by atoms with Crippen molar-refractivity contribution in [2.45, 2.75) is 10.6 Å². The van der Waals surface area contributed by atoms with E-state index in [-0.39, 0.29) is 0 Å². The van der Waals surface area contributed by atoms with Gasteiger partial charge in [-0.05, 0) is 34.7 Å². The molecular weight excluding hydrogens is 425 g/mol. The van der Waals surface area contributed by atoms with Gasteiger partial charge < -0.3 is 0 Å². The zero-order valence-corrected chi connectivity index (χ0v) is 14.1. The Hall–Kier alpha value is 0.250. The molecule has 2 aromatic rings. The van der Waals surface area contributed by atoms with Gasteiger partial charge in [0.05, 0.1) is 14.3 Å². The van der Waals surface area contributed by atoms with Gasteiger partial charge in [-0.3, -0.25) is 0 Å². The fourth-order valence-electron chi connectivity index (χ4n) is 1.20. The van der Waals surface area contributed by atoms with Crippen LogP contribution in [-0.4, -0.2) is 9.97 Å². The second-order valence-electron chi connectivity index (χ2n) is 3.25. The summed E-state index contributed by atoms with van der Waals surface area (Å²) in [7, 11) is 0. The highest BCUT2D eigenvalue weighted by Gasteiger charge is 2.09. The second kappa shape index (κ2) is 6.61. The van der Waals surface area contributed by atoms with E-state index in [1.807, 2.05) is 46.9 Å². The van der Waals surface area contributed by atoms with E-state index in [0.29, 0.717) is 30.5 Å². The second-order valence-corrected chi connectivity index (χ2v) is 6.47. The van der Waals surface area contributed by atoms with Crippen molar-refractivity contribution in [2.24, 2.45) is 0 Å². The average Bonchev–Trinajstić information content (AvgIpc) is 2.35. The summed E-state index contributed by atoms with van der Waals surface area (Å²) < 4.78 is 0.669. The fraction of sp³-hybridized carbons (Fsp3) is 0.0909. The molecule has 0 amide bonds. The van der Waals surface area contributed by atoms with E-state index in [4.69, 9.17) is 34.8 Å². The maximum atomic E-state index is 6.06. The average molecular weight is 432 g/mol. The summed E-state index contributed by atoms with van der Waals surface area (Å²) in [6, 6.07) is 7.62. The molecule has 18 heavy (non-hydrogen) atoms. The zero-order valence-electron chi connectivity index (χ0n) is 8.83. The van der Waals surface area contributed by atoms with Crippen LogP contribution >= 0.6 is 69.2 Å². The van der Waals surface area contributed by atoms with Gasteiger partial charge in [0.15, 0.2) is 0 Å². The molecule has 0 saturated heterocycles. The van der Waals surface area contributed by atoms with E-state index in [1.165, 1.54) is 0 Å². The van der Waals surface area contributed by atoms with E-state index in [1.54, 1.807) is 11.8 Å². The number of hydrogen-bond acceptors (Lipinski definition) is 3. The molecule has 0 saturated carbocycles. The summed E-state index contributed by atoms with van der Waals surface area (Å²) in [6.07, 6.45) is 0. The van der Waals surface area contributed by atoms with Crippen LogP contribution in [-0.2, 0) is 5.75 Å². The molecule has 0 unspecified atom stereocenters. The van der Waals surface area contributed by atoms with Crippen molar-refractivity contribution in [1.29, 1.82) is 0 Å². The van der Waals surface area contributed by atoms with E-state index < -0.39 is 0 Å². The molecule has 7 heteroatoms. The molecule has 2 nitrogen and oxygen atoms in total. The van der Waals surface area contributed by atoms with Gasteiger partial charge in [0.1, 0.15) is 16.1 Å². The molecule has 1 heterocycles. The third-order valence-corrected chi connectivity index (χ3v) is 5.73. The molecule has 1 aromatic carbocycles. The molecule has 0 aliphatic rings. The van der Waals surface area contributed by atoms with Crippen LogP contribution in [0.1, 0.15) is 5.82 Å². The van der Waals surface area contributed by atoms with Crippen LogP contribution in [0.3, 0.4) is 0 Å². The van der Waals surface area contributed by atoms with Gasteiger partial charge >= 0.3 is 0 Å². The first kappa shape index (κ1) is 14.7. The van der Waals surface area contributed by atoms with Gasteiger partial charge in [-0.15, -0.1) is 11.8 Å². The van der Waals surface area contributed by atoms with Crippen LogP contribution in [0, 0.1) is 3.57 Å². The van der Waals surface area contributed by atoms with Gasteiger partial charge in [-0.25, -0.2) is 9.97 Å². The third kappa shape index (κ3) is 3.63. The molecule has 2 rings (SSSR count). The van der Waals surface area contributed by atoms with Crippen molar-refractivity contribution in [1.82, 2.24) is 9.97 Å². The molecule has 0 atom stereocenters. The van der Waals surface area contributed by atoms with E-state index in [9.17, 15) is 0 Å². The van der Waals surface area contributed by atoms with Crippen molar-refractivity contribution in [3.8, 4) is 0 Å². The quantitative estimate of drug-likeness (QED) is 0.373. The Balaban J connectivity index is 2.14. The van der Waals surface area contributed by atoms with Crippen LogP contribution in [0.25, 0.3) is 0 Å². The molecule has 0 spiro atoms. The summed E-state index contributed by atoms with van der Waals surface area (Å²) in [6.45, 7) is 0. The largest absolute Gasteiger partial charge is 0.219 e. The number of aromatic nitrogens is 2. The summed E-state index contributed by atoms with van der Waals surface area (Å²) in [5, 5.41) is 1.47. The Labute approximate surface area is 138 Å². The van der Waals surface area contributed by atoms with E-state index in [2.05, 4.69) is 9.97 Å². The van der Waals surface area contributed by atoms with Crippen molar-refractivity contribution in [3.05, 3.63) is 49.0 Å². The number of halogens is 4. The van der Waals surface area contributed by atoms with Gasteiger partial charge in [0.2, 0.25) is 0 Å². The number of hydrogen-bond donors (Lipinski definition) is 0. The van der Waals surface area contributed by atoms with Gasteiger partial charge in [0, 0.05) is 4.90 Å². The number of nitrogens with zero attached hydrogens (tertiary/aromatic N) is 2. The highest BCUT2D eigenvalue weighted by atomic mass is 127.